The molecular weight excluding hydrogens is 198 g/mol. The Morgan fingerprint density at radius 1 is 1.79 bits per heavy atom. The van der Waals surface area contributed by atoms with Crippen molar-refractivity contribution in [3.63, 3.8) is 0 Å². The van der Waals surface area contributed by atoms with Crippen molar-refractivity contribution in [2.24, 2.45) is 0 Å². The summed E-state index contributed by atoms with van der Waals surface area (Å²) in [5.41, 5.74) is 0. The minimum absolute atomic E-state index is 0.0107. The van der Waals surface area contributed by atoms with Crippen molar-refractivity contribution in [2.45, 2.75) is 25.4 Å². The summed E-state index contributed by atoms with van der Waals surface area (Å²) in [6.45, 7) is 2.07. The molecule has 2 rings (SSSR count). The average molecular weight is 211 g/mol. The molecule has 5 heteroatoms. The Hall–Kier alpha value is -1.07. The summed E-state index contributed by atoms with van der Waals surface area (Å²) in [5, 5.41) is 1.47. The maximum absolute atomic E-state index is 11.2. The van der Waals surface area contributed by atoms with E-state index < -0.39 is 9.76 Å². The molecule has 1 atom stereocenters. The molecule has 0 N–H and O–H groups in total. The zero-order chi connectivity index (χ0) is 9.97. The minimum Gasteiger partial charge on any atom is -0.467 e. The van der Waals surface area contributed by atoms with Crippen molar-refractivity contribution in [3.8, 4) is 0 Å². The van der Waals surface area contributed by atoms with Crippen LogP contribution in [0.25, 0.3) is 0 Å². The molecule has 0 aromatic carbocycles. The first-order chi connectivity index (χ1) is 6.83. The summed E-state index contributed by atoms with van der Waals surface area (Å²) < 4.78 is 10.7. The quantitative estimate of drug-likeness (QED) is 0.551. The Morgan fingerprint density at radius 2 is 2.64 bits per heavy atom. The summed E-state index contributed by atoms with van der Waals surface area (Å²) in [7, 11) is -0.574. The van der Waals surface area contributed by atoms with Crippen LogP contribution in [0.3, 0.4) is 0 Å². The first-order valence-corrected chi connectivity index (χ1v) is 6.39. The van der Waals surface area contributed by atoms with Gasteiger partial charge in [0.15, 0.2) is 9.76 Å². The van der Waals surface area contributed by atoms with Crippen LogP contribution in [0, 0.1) is 0 Å². The van der Waals surface area contributed by atoms with Gasteiger partial charge in [-0.15, -0.1) is 0 Å². The second-order valence-corrected chi connectivity index (χ2v) is 4.95. The lowest BCUT2D eigenvalue weighted by Crippen LogP contribution is -2.46. The van der Waals surface area contributed by atoms with Gasteiger partial charge in [0, 0.05) is 0 Å². The van der Waals surface area contributed by atoms with Gasteiger partial charge in [-0.05, 0) is 18.2 Å². The molecule has 0 bridgehead atoms. The fourth-order valence-corrected chi connectivity index (χ4v) is 2.15. The molecule has 1 fully saturated rings. The average Bonchev–Trinajstić information content (AvgIpc) is 2.67. The van der Waals surface area contributed by atoms with Gasteiger partial charge in [0.1, 0.15) is 11.8 Å². The van der Waals surface area contributed by atoms with E-state index in [1.165, 1.54) is 5.06 Å². The predicted octanol–water partition coefficient (Wildman–Crippen LogP) is 1.01. The first kappa shape index (κ1) is 9.48. The number of carbonyl (C=O) groups excluding carboxylic acids is 1. The number of hydrogen-bond acceptors (Lipinski definition) is 3. The Morgan fingerprint density at radius 3 is 3.21 bits per heavy atom. The largest absolute Gasteiger partial charge is 0.467 e. The summed E-state index contributed by atoms with van der Waals surface area (Å²) in [5.74, 6) is 0.877. The molecular formula is C9H13NO3Si. The fraction of sp³-hybridized carbons (Fsp3) is 0.444. The first-order valence-electron chi connectivity index (χ1n) is 4.81. The van der Waals surface area contributed by atoms with E-state index in [9.17, 15) is 4.79 Å². The molecule has 76 valence electrons. The topological polar surface area (TPSA) is 42.7 Å². The fourth-order valence-electron chi connectivity index (χ4n) is 1.45. The maximum atomic E-state index is 11.2. The molecule has 1 aromatic heterocycles. The van der Waals surface area contributed by atoms with Crippen molar-refractivity contribution in [1.29, 1.82) is 0 Å². The van der Waals surface area contributed by atoms with Crippen molar-refractivity contribution in [3.05, 3.63) is 24.2 Å². The molecule has 1 aromatic rings. The molecule has 0 radical (unpaired) electrons. The van der Waals surface area contributed by atoms with Crippen LogP contribution in [0.2, 0.25) is 6.04 Å². The van der Waals surface area contributed by atoms with Crippen LogP contribution in [-0.4, -0.2) is 20.7 Å². The summed E-state index contributed by atoms with van der Waals surface area (Å²) in [6, 6.07) is 4.75. The molecule has 2 heterocycles. The zero-order valence-corrected chi connectivity index (χ0v) is 9.52. The number of hydrogen-bond donors (Lipinski definition) is 0. The molecule has 1 amide bonds. The van der Waals surface area contributed by atoms with Gasteiger partial charge >= 0.3 is 0 Å². The van der Waals surface area contributed by atoms with Crippen LogP contribution < -0.4 is 0 Å². The van der Waals surface area contributed by atoms with E-state index in [-0.39, 0.29) is 11.9 Å². The van der Waals surface area contributed by atoms with Crippen molar-refractivity contribution >= 4 is 15.7 Å². The summed E-state index contributed by atoms with van der Waals surface area (Å²) >= 11 is 0. The molecule has 1 aliphatic heterocycles. The number of amides is 1. The molecule has 1 unspecified atom stereocenters. The van der Waals surface area contributed by atoms with E-state index in [1.807, 2.05) is 12.1 Å². The van der Waals surface area contributed by atoms with Crippen LogP contribution in [0.4, 0.5) is 0 Å². The SMILES string of the molecule is CC[SiH2]ON1C(=O)CC1c1ccco1. The van der Waals surface area contributed by atoms with Crippen molar-refractivity contribution < 1.29 is 13.7 Å². The summed E-state index contributed by atoms with van der Waals surface area (Å²) in [6.07, 6.45) is 2.12. The number of furan rings is 1. The monoisotopic (exact) mass is 211 g/mol. The van der Waals surface area contributed by atoms with E-state index in [0.717, 1.165) is 11.8 Å². The van der Waals surface area contributed by atoms with Gasteiger partial charge in [0.25, 0.3) is 0 Å². The van der Waals surface area contributed by atoms with Crippen LogP contribution in [-0.2, 0) is 9.32 Å². The van der Waals surface area contributed by atoms with Gasteiger partial charge in [-0.25, -0.2) is 5.06 Å². The number of nitrogens with zero attached hydrogens (tertiary/aromatic N) is 1. The lowest BCUT2D eigenvalue weighted by Gasteiger charge is -2.37. The lowest BCUT2D eigenvalue weighted by molar-refractivity contribution is -0.193. The molecule has 1 aliphatic rings. The highest BCUT2D eigenvalue weighted by Crippen LogP contribution is 2.34. The van der Waals surface area contributed by atoms with E-state index in [0.29, 0.717) is 6.42 Å². The second-order valence-electron chi connectivity index (χ2n) is 3.29. The number of hydroxylamine groups is 2. The third-order valence-electron chi connectivity index (χ3n) is 2.20. The predicted molar refractivity (Wildman–Crippen MR) is 53.0 cm³/mol. The Labute approximate surface area is 84.7 Å². The minimum atomic E-state index is -0.574. The Kier molecular flexibility index (Phi) is 2.69. The van der Waals surface area contributed by atoms with Crippen LogP contribution in [0.15, 0.2) is 22.8 Å². The highest BCUT2D eigenvalue weighted by molar-refractivity contribution is 6.27. The second kappa shape index (κ2) is 3.98. The standard InChI is InChI=1S/C9H13NO3Si/c1-2-14-13-10-7(6-9(10)11)8-4-3-5-12-8/h3-5,7H,2,6,14H2,1H3. The molecule has 14 heavy (non-hydrogen) atoms. The Bertz CT molecular complexity index is 312. The number of β-lactam (4-membered cyclic amide) rings is 1. The third kappa shape index (κ3) is 1.60. The van der Waals surface area contributed by atoms with Crippen molar-refractivity contribution in [1.82, 2.24) is 5.06 Å². The maximum Gasteiger partial charge on any atom is 0.248 e. The molecule has 4 nitrogen and oxygen atoms in total. The number of rotatable bonds is 4. The van der Waals surface area contributed by atoms with Crippen molar-refractivity contribution in [2.75, 3.05) is 0 Å². The van der Waals surface area contributed by atoms with E-state index in [4.69, 9.17) is 8.94 Å². The zero-order valence-electron chi connectivity index (χ0n) is 8.10. The number of carbonyl (C=O) groups is 1. The van der Waals surface area contributed by atoms with Gasteiger partial charge in [0.05, 0.1) is 12.7 Å². The third-order valence-corrected chi connectivity index (χ3v) is 3.07. The van der Waals surface area contributed by atoms with Gasteiger partial charge in [-0.1, -0.05) is 6.92 Å². The van der Waals surface area contributed by atoms with Gasteiger partial charge in [-0.2, -0.15) is 0 Å². The molecule has 1 saturated heterocycles. The normalized spacial score (nSPS) is 21.9. The summed E-state index contributed by atoms with van der Waals surface area (Å²) in [4.78, 5) is 11.2. The Balaban J connectivity index is 1.98. The highest BCUT2D eigenvalue weighted by Gasteiger charge is 2.39. The van der Waals surface area contributed by atoms with E-state index in [1.54, 1.807) is 6.26 Å². The van der Waals surface area contributed by atoms with Gasteiger partial charge < -0.3 is 8.94 Å². The molecule has 0 saturated carbocycles. The highest BCUT2D eigenvalue weighted by atomic mass is 28.2. The van der Waals surface area contributed by atoms with Gasteiger partial charge in [-0.3, -0.25) is 4.79 Å². The van der Waals surface area contributed by atoms with E-state index in [2.05, 4.69) is 6.92 Å². The molecule has 0 spiro atoms. The van der Waals surface area contributed by atoms with Gasteiger partial charge in [0.2, 0.25) is 5.91 Å². The van der Waals surface area contributed by atoms with Crippen LogP contribution >= 0.6 is 0 Å². The molecule has 0 aliphatic carbocycles. The van der Waals surface area contributed by atoms with E-state index >= 15 is 0 Å². The van der Waals surface area contributed by atoms with Crippen LogP contribution in [0.1, 0.15) is 25.1 Å². The smallest absolute Gasteiger partial charge is 0.248 e. The van der Waals surface area contributed by atoms with Crippen LogP contribution in [0.5, 0.6) is 0 Å². The lowest BCUT2D eigenvalue weighted by atomic mass is 10.0.